The summed E-state index contributed by atoms with van der Waals surface area (Å²) < 4.78 is 31.2. The van der Waals surface area contributed by atoms with Gasteiger partial charge in [-0.25, -0.2) is 8.78 Å². The average molecular weight is 274 g/mol. The zero-order chi connectivity index (χ0) is 14.6. The topological polar surface area (TPSA) is 66.8 Å². The fourth-order valence-corrected chi connectivity index (χ4v) is 1.62. The van der Waals surface area contributed by atoms with Gasteiger partial charge in [0.25, 0.3) is 0 Å². The quantitative estimate of drug-likeness (QED) is 0.801. The van der Waals surface area contributed by atoms with Crippen LogP contribution in [-0.4, -0.2) is 28.9 Å². The van der Waals surface area contributed by atoms with Gasteiger partial charge in [-0.3, -0.25) is 4.79 Å². The summed E-state index contributed by atoms with van der Waals surface area (Å²) in [5.74, 6) is -2.42. The third-order valence-corrected chi connectivity index (χ3v) is 2.64. The summed E-state index contributed by atoms with van der Waals surface area (Å²) in [6.45, 7) is 3.15. The molecule has 2 unspecified atom stereocenters. The minimum Gasteiger partial charge on any atom is -0.466 e. The first kappa shape index (κ1) is 15.5. The highest BCUT2D eigenvalue weighted by Gasteiger charge is 2.25. The number of esters is 1. The van der Waals surface area contributed by atoms with E-state index in [4.69, 9.17) is 0 Å². The average Bonchev–Trinajstić information content (AvgIpc) is 2.33. The lowest BCUT2D eigenvalue weighted by atomic mass is 9.99. The van der Waals surface area contributed by atoms with Crippen LogP contribution in [0, 0.1) is 18.6 Å². The summed E-state index contributed by atoms with van der Waals surface area (Å²) in [6, 6.07) is 1.73. The number of ether oxygens (including phenoxy) is 1. The van der Waals surface area contributed by atoms with Gasteiger partial charge >= 0.3 is 5.97 Å². The number of benzene rings is 1. The number of carbonyl (C=O) groups is 1. The van der Waals surface area contributed by atoms with E-state index in [0.29, 0.717) is 6.07 Å². The summed E-state index contributed by atoms with van der Waals surface area (Å²) in [6.07, 6.45) is -3.60. The van der Waals surface area contributed by atoms with Crippen LogP contribution in [0.25, 0.3) is 0 Å². The van der Waals surface area contributed by atoms with Crippen molar-refractivity contribution in [1.29, 1.82) is 0 Å². The summed E-state index contributed by atoms with van der Waals surface area (Å²) in [7, 11) is 0. The second-order valence-electron chi connectivity index (χ2n) is 4.14. The lowest BCUT2D eigenvalue weighted by molar-refractivity contribution is -0.147. The summed E-state index contributed by atoms with van der Waals surface area (Å²) >= 11 is 0. The summed E-state index contributed by atoms with van der Waals surface area (Å²) in [4.78, 5) is 11.1. The highest BCUT2D eigenvalue weighted by molar-refractivity contribution is 5.70. The maximum absolute atomic E-state index is 13.5. The molecule has 4 nitrogen and oxygen atoms in total. The van der Waals surface area contributed by atoms with Crippen LogP contribution >= 0.6 is 0 Å². The van der Waals surface area contributed by atoms with E-state index < -0.39 is 36.2 Å². The maximum Gasteiger partial charge on any atom is 0.308 e. The molecule has 2 N–H and O–H groups in total. The number of rotatable bonds is 5. The Morgan fingerprint density at radius 2 is 1.95 bits per heavy atom. The number of halogens is 2. The van der Waals surface area contributed by atoms with Crippen molar-refractivity contribution in [3.8, 4) is 0 Å². The molecule has 106 valence electrons. The predicted octanol–water partition coefficient (Wildman–Crippen LogP) is 1.62. The molecule has 0 bridgehead atoms. The minimum atomic E-state index is -1.62. The Balaban J connectivity index is 2.85. The van der Waals surface area contributed by atoms with E-state index in [0.717, 1.165) is 6.07 Å². The monoisotopic (exact) mass is 274 g/mol. The second kappa shape index (κ2) is 6.58. The van der Waals surface area contributed by atoms with Crippen molar-refractivity contribution in [1.82, 2.24) is 0 Å². The van der Waals surface area contributed by atoms with E-state index in [2.05, 4.69) is 4.74 Å². The molecular weight excluding hydrogens is 258 g/mol. The Bertz CT molecular complexity index is 462. The molecule has 0 heterocycles. The minimum absolute atomic E-state index is 0.138. The molecule has 0 spiro atoms. The van der Waals surface area contributed by atoms with Crippen LogP contribution in [0.15, 0.2) is 12.1 Å². The van der Waals surface area contributed by atoms with Crippen LogP contribution in [0.4, 0.5) is 8.78 Å². The van der Waals surface area contributed by atoms with Gasteiger partial charge in [0, 0.05) is 11.6 Å². The molecule has 0 aliphatic carbocycles. The van der Waals surface area contributed by atoms with Gasteiger partial charge in [0.1, 0.15) is 17.7 Å². The smallest absolute Gasteiger partial charge is 0.308 e. The van der Waals surface area contributed by atoms with E-state index in [-0.39, 0.29) is 17.7 Å². The molecule has 2 atom stereocenters. The van der Waals surface area contributed by atoms with Crippen LogP contribution < -0.4 is 0 Å². The van der Waals surface area contributed by atoms with Gasteiger partial charge in [-0.2, -0.15) is 0 Å². The van der Waals surface area contributed by atoms with Gasteiger partial charge in [-0.15, -0.1) is 0 Å². The SMILES string of the molecule is CCOC(=O)CC(O)C(O)c1cc(C)c(F)cc1F. The molecule has 0 aliphatic rings. The lowest BCUT2D eigenvalue weighted by Gasteiger charge is -2.18. The molecule has 0 aromatic heterocycles. The summed E-state index contributed by atoms with van der Waals surface area (Å²) in [5, 5.41) is 19.4. The maximum atomic E-state index is 13.5. The zero-order valence-electron chi connectivity index (χ0n) is 10.7. The van der Waals surface area contributed by atoms with E-state index in [1.165, 1.54) is 6.92 Å². The Morgan fingerprint density at radius 3 is 2.53 bits per heavy atom. The number of hydrogen-bond acceptors (Lipinski definition) is 4. The molecule has 0 saturated heterocycles. The van der Waals surface area contributed by atoms with Crippen molar-refractivity contribution >= 4 is 5.97 Å². The van der Waals surface area contributed by atoms with Gasteiger partial charge in [0.2, 0.25) is 0 Å². The van der Waals surface area contributed by atoms with Crippen molar-refractivity contribution in [3.63, 3.8) is 0 Å². The van der Waals surface area contributed by atoms with Crippen LogP contribution in [-0.2, 0) is 9.53 Å². The second-order valence-corrected chi connectivity index (χ2v) is 4.14. The number of carbonyl (C=O) groups excluding carboxylic acids is 1. The van der Waals surface area contributed by atoms with Crippen molar-refractivity contribution < 1.29 is 28.5 Å². The van der Waals surface area contributed by atoms with Crippen molar-refractivity contribution in [2.75, 3.05) is 6.61 Å². The highest BCUT2D eigenvalue weighted by Crippen LogP contribution is 2.24. The van der Waals surface area contributed by atoms with Crippen molar-refractivity contribution in [3.05, 3.63) is 34.9 Å². The Labute approximate surface area is 109 Å². The standard InChI is InChI=1S/C13H16F2O4/c1-3-19-12(17)6-11(16)13(18)8-4-7(2)9(14)5-10(8)15/h4-5,11,13,16,18H,3,6H2,1-2H3. The zero-order valence-corrected chi connectivity index (χ0v) is 10.7. The van der Waals surface area contributed by atoms with Crippen LogP contribution in [0.5, 0.6) is 0 Å². The normalized spacial score (nSPS) is 14.0. The van der Waals surface area contributed by atoms with E-state index in [9.17, 15) is 23.8 Å². The van der Waals surface area contributed by atoms with Gasteiger partial charge < -0.3 is 14.9 Å². The molecular formula is C13H16F2O4. The van der Waals surface area contributed by atoms with Crippen LogP contribution in [0.1, 0.15) is 30.6 Å². The third-order valence-electron chi connectivity index (χ3n) is 2.64. The number of aryl methyl sites for hydroxylation is 1. The van der Waals surface area contributed by atoms with E-state index >= 15 is 0 Å². The molecule has 6 heteroatoms. The number of hydrogen-bond donors (Lipinski definition) is 2. The molecule has 0 aliphatic heterocycles. The van der Waals surface area contributed by atoms with Gasteiger partial charge in [0.05, 0.1) is 19.1 Å². The van der Waals surface area contributed by atoms with Crippen molar-refractivity contribution in [2.45, 2.75) is 32.5 Å². The third kappa shape index (κ3) is 3.97. The molecule has 1 aromatic carbocycles. The predicted molar refractivity (Wildman–Crippen MR) is 63.3 cm³/mol. The summed E-state index contributed by atoms with van der Waals surface area (Å²) in [5.41, 5.74) is -0.116. The fourth-order valence-electron chi connectivity index (χ4n) is 1.62. The van der Waals surface area contributed by atoms with Crippen LogP contribution in [0.3, 0.4) is 0 Å². The number of aliphatic hydroxyl groups excluding tert-OH is 2. The Hall–Kier alpha value is -1.53. The molecule has 0 fully saturated rings. The fraction of sp³-hybridized carbons (Fsp3) is 0.462. The molecule has 0 saturated carbocycles. The highest BCUT2D eigenvalue weighted by atomic mass is 19.1. The first-order chi connectivity index (χ1) is 8.86. The van der Waals surface area contributed by atoms with Crippen LogP contribution in [0.2, 0.25) is 0 Å². The largest absolute Gasteiger partial charge is 0.466 e. The Kier molecular flexibility index (Phi) is 5.38. The van der Waals surface area contributed by atoms with E-state index in [1.807, 2.05) is 0 Å². The lowest BCUT2D eigenvalue weighted by Crippen LogP contribution is -2.24. The molecule has 1 aromatic rings. The molecule has 1 rings (SSSR count). The Morgan fingerprint density at radius 1 is 1.32 bits per heavy atom. The van der Waals surface area contributed by atoms with Gasteiger partial charge in [-0.1, -0.05) is 0 Å². The molecule has 0 radical (unpaired) electrons. The number of aliphatic hydroxyl groups is 2. The first-order valence-corrected chi connectivity index (χ1v) is 5.84. The van der Waals surface area contributed by atoms with Gasteiger partial charge in [-0.05, 0) is 25.5 Å². The van der Waals surface area contributed by atoms with Crippen molar-refractivity contribution in [2.24, 2.45) is 0 Å². The first-order valence-electron chi connectivity index (χ1n) is 5.84. The molecule has 19 heavy (non-hydrogen) atoms. The molecule has 0 amide bonds. The van der Waals surface area contributed by atoms with Gasteiger partial charge in [0.15, 0.2) is 0 Å². The van der Waals surface area contributed by atoms with E-state index in [1.54, 1.807) is 6.92 Å².